The second kappa shape index (κ2) is 7.51. The highest BCUT2D eigenvalue weighted by atomic mass is 16.3. The molecule has 1 fully saturated rings. The molecule has 2 aliphatic rings. The molecule has 9 nitrogen and oxygen atoms in total. The van der Waals surface area contributed by atoms with Gasteiger partial charge in [0.15, 0.2) is 0 Å². The molecule has 1 aromatic carbocycles. The van der Waals surface area contributed by atoms with E-state index in [0.717, 1.165) is 10.5 Å². The van der Waals surface area contributed by atoms with Crippen LogP contribution in [0.1, 0.15) is 39.1 Å². The summed E-state index contributed by atoms with van der Waals surface area (Å²) in [6, 6.07) is 4.19. The molecule has 1 unspecified atom stereocenters. The highest BCUT2D eigenvalue weighted by Gasteiger charge is 2.44. The Balaban J connectivity index is 1.56. The summed E-state index contributed by atoms with van der Waals surface area (Å²) in [6.45, 7) is 4.53. The van der Waals surface area contributed by atoms with Gasteiger partial charge in [0.25, 0.3) is 11.8 Å². The van der Waals surface area contributed by atoms with Gasteiger partial charge in [-0.1, -0.05) is 12.6 Å². The van der Waals surface area contributed by atoms with Gasteiger partial charge in [-0.3, -0.25) is 24.0 Å². The number of nitrogens with one attached hydrogen (secondary N) is 2. The normalized spacial score (nSPS) is 18.8. The molecule has 3 amide bonds. The molecule has 2 aromatic rings. The van der Waals surface area contributed by atoms with Crippen molar-refractivity contribution in [3.63, 3.8) is 0 Å². The first-order valence-electron chi connectivity index (χ1n) is 9.35. The first kappa shape index (κ1) is 18.9. The fraction of sp³-hybridized carbons (Fsp3) is 0.300. The third-order valence-electron chi connectivity index (χ3n) is 5.08. The first-order chi connectivity index (χ1) is 14.0. The lowest BCUT2D eigenvalue weighted by atomic mass is 10.0. The number of benzene rings is 1. The van der Waals surface area contributed by atoms with Crippen molar-refractivity contribution in [2.45, 2.75) is 32.0 Å². The maximum absolute atomic E-state index is 13.1. The van der Waals surface area contributed by atoms with E-state index in [0.29, 0.717) is 37.3 Å². The lowest BCUT2D eigenvalue weighted by Gasteiger charge is -2.29. The summed E-state index contributed by atoms with van der Waals surface area (Å²) in [5.41, 5.74) is 2.55. The number of imide groups is 1. The number of rotatable bonds is 6. The molecular weight excluding hydrogens is 374 g/mol. The molecule has 1 aromatic heterocycles. The number of carbonyl (C=O) groups excluding carboxylic acids is 3. The monoisotopic (exact) mass is 395 g/mol. The first-order valence-corrected chi connectivity index (χ1v) is 9.35. The Morgan fingerprint density at radius 3 is 2.86 bits per heavy atom. The molecule has 3 N–H and O–H groups in total. The molecule has 1 atom stereocenters. The van der Waals surface area contributed by atoms with Gasteiger partial charge in [0.05, 0.1) is 30.5 Å². The van der Waals surface area contributed by atoms with E-state index in [2.05, 4.69) is 22.3 Å². The van der Waals surface area contributed by atoms with Crippen molar-refractivity contribution in [1.82, 2.24) is 20.0 Å². The number of anilines is 1. The Hall–Kier alpha value is -3.46. The van der Waals surface area contributed by atoms with Gasteiger partial charge in [-0.05, 0) is 25.0 Å². The Morgan fingerprint density at radius 2 is 2.10 bits per heavy atom. The highest BCUT2D eigenvalue weighted by Crippen LogP contribution is 2.33. The second-order valence-electron chi connectivity index (χ2n) is 7.04. The number of piperidine rings is 1. The van der Waals surface area contributed by atoms with Crippen LogP contribution in [0.25, 0.3) is 0 Å². The minimum Gasteiger partial charge on any atom is -0.394 e. The van der Waals surface area contributed by atoms with E-state index in [1.54, 1.807) is 35.3 Å². The lowest BCUT2D eigenvalue weighted by Crippen LogP contribution is -2.51. The maximum atomic E-state index is 13.1. The van der Waals surface area contributed by atoms with Crippen LogP contribution in [0, 0.1) is 0 Å². The zero-order valence-electron chi connectivity index (χ0n) is 15.7. The van der Waals surface area contributed by atoms with Gasteiger partial charge in [-0.25, -0.2) is 0 Å². The molecular formula is C20H21N5O4. The summed E-state index contributed by atoms with van der Waals surface area (Å²) in [4.78, 5) is 39.3. The highest BCUT2D eigenvalue weighted by molar-refractivity contribution is 6.25. The summed E-state index contributed by atoms with van der Waals surface area (Å²) in [6.07, 6.45) is 4.35. The Kier molecular flexibility index (Phi) is 4.89. The van der Waals surface area contributed by atoms with Crippen LogP contribution < -0.4 is 10.6 Å². The van der Waals surface area contributed by atoms with Crippen LogP contribution in [-0.2, 0) is 17.9 Å². The van der Waals surface area contributed by atoms with Crippen molar-refractivity contribution in [2.75, 3.05) is 11.9 Å². The predicted octanol–water partition coefficient (Wildman–Crippen LogP) is 0.876. The van der Waals surface area contributed by atoms with Crippen molar-refractivity contribution in [3.05, 3.63) is 59.6 Å². The van der Waals surface area contributed by atoms with E-state index in [-0.39, 0.29) is 23.6 Å². The van der Waals surface area contributed by atoms with Gasteiger partial charge >= 0.3 is 0 Å². The average Bonchev–Trinajstić information content (AvgIpc) is 3.24. The molecule has 0 bridgehead atoms. The number of aromatic nitrogens is 2. The number of aliphatic hydroxyl groups is 1. The summed E-state index contributed by atoms with van der Waals surface area (Å²) in [5, 5.41) is 18.9. The minimum absolute atomic E-state index is 0.00468. The third kappa shape index (κ3) is 3.40. The van der Waals surface area contributed by atoms with E-state index in [4.69, 9.17) is 5.11 Å². The number of carbonyl (C=O) groups is 3. The quantitative estimate of drug-likeness (QED) is 0.625. The summed E-state index contributed by atoms with van der Waals surface area (Å²) >= 11 is 0. The molecule has 0 saturated carbocycles. The van der Waals surface area contributed by atoms with Crippen LogP contribution in [0.4, 0.5) is 5.69 Å². The molecule has 0 aliphatic carbocycles. The van der Waals surface area contributed by atoms with Gasteiger partial charge in [-0.2, -0.15) is 5.10 Å². The van der Waals surface area contributed by atoms with Gasteiger partial charge < -0.3 is 15.7 Å². The number of allylic oxidation sites excluding steroid dienone is 1. The SMILES string of the molecule is C=C1CCC(N2C(=O)c3cccc(NCc4cnn(CCO)c4)c3C2=O)C(=O)N1. The number of nitrogens with zero attached hydrogens (tertiary/aromatic N) is 3. The Labute approximate surface area is 167 Å². The third-order valence-corrected chi connectivity index (χ3v) is 5.08. The van der Waals surface area contributed by atoms with Gasteiger partial charge in [-0.15, -0.1) is 0 Å². The number of amides is 3. The van der Waals surface area contributed by atoms with Gasteiger partial charge in [0, 0.05) is 29.7 Å². The lowest BCUT2D eigenvalue weighted by molar-refractivity contribution is -0.125. The van der Waals surface area contributed by atoms with Crippen molar-refractivity contribution < 1.29 is 19.5 Å². The Morgan fingerprint density at radius 1 is 1.28 bits per heavy atom. The van der Waals surface area contributed by atoms with Crippen molar-refractivity contribution in [1.29, 1.82) is 0 Å². The summed E-state index contributed by atoms with van der Waals surface area (Å²) in [7, 11) is 0. The summed E-state index contributed by atoms with van der Waals surface area (Å²) < 4.78 is 1.62. The molecule has 29 heavy (non-hydrogen) atoms. The van der Waals surface area contributed by atoms with Crippen LogP contribution in [0.3, 0.4) is 0 Å². The fourth-order valence-corrected chi connectivity index (χ4v) is 3.66. The molecule has 2 aliphatic heterocycles. The van der Waals surface area contributed by atoms with E-state index < -0.39 is 17.9 Å². The largest absolute Gasteiger partial charge is 0.394 e. The maximum Gasteiger partial charge on any atom is 0.264 e. The topological polar surface area (TPSA) is 117 Å². The number of hydrogen-bond acceptors (Lipinski definition) is 6. The molecule has 4 rings (SSSR count). The number of aliphatic hydroxyl groups excluding tert-OH is 1. The average molecular weight is 395 g/mol. The zero-order valence-corrected chi connectivity index (χ0v) is 15.7. The minimum atomic E-state index is -0.836. The van der Waals surface area contributed by atoms with E-state index in [1.807, 2.05) is 0 Å². The van der Waals surface area contributed by atoms with E-state index in [9.17, 15) is 14.4 Å². The molecule has 9 heteroatoms. The van der Waals surface area contributed by atoms with E-state index >= 15 is 0 Å². The van der Waals surface area contributed by atoms with Crippen LogP contribution in [0.5, 0.6) is 0 Å². The van der Waals surface area contributed by atoms with Crippen LogP contribution >= 0.6 is 0 Å². The molecule has 0 spiro atoms. The van der Waals surface area contributed by atoms with Gasteiger partial charge in [0.2, 0.25) is 5.91 Å². The van der Waals surface area contributed by atoms with Crippen molar-refractivity contribution >= 4 is 23.4 Å². The van der Waals surface area contributed by atoms with E-state index in [1.165, 1.54) is 0 Å². The summed E-state index contributed by atoms with van der Waals surface area (Å²) in [5.74, 6) is -1.32. The van der Waals surface area contributed by atoms with Crippen molar-refractivity contribution in [2.24, 2.45) is 0 Å². The number of hydrogen-bond donors (Lipinski definition) is 3. The molecule has 3 heterocycles. The molecule has 1 saturated heterocycles. The smallest absolute Gasteiger partial charge is 0.264 e. The van der Waals surface area contributed by atoms with Crippen LogP contribution in [0.2, 0.25) is 0 Å². The molecule has 150 valence electrons. The van der Waals surface area contributed by atoms with Crippen LogP contribution in [0.15, 0.2) is 42.9 Å². The second-order valence-corrected chi connectivity index (χ2v) is 7.04. The number of fused-ring (bicyclic) bond motifs is 1. The Bertz CT molecular complexity index is 1010. The van der Waals surface area contributed by atoms with Crippen LogP contribution in [-0.4, -0.2) is 50.2 Å². The molecule has 0 radical (unpaired) electrons. The predicted molar refractivity (Wildman–Crippen MR) is 104 cm³/mol. The fourth-order valence-electron chi connectivity index (χ4n) is 3.66. The zero-order chi connectivity index (χ0) is 20.5. The van der Waals surface area contributed by atoms with Crippen molar-refractivity contribution in [3.8, 4) is 0 Å². The van der Waals surface area contributed by atoms with Gasteiger partial charge in [0.1, 0.15) is 6.04 Å². The standard InChI is InChI=1S/C20H21N5O4/c1-12-5-6-16(18(27)23-12)25-19(28)14-3-2-4-15(17(14)20(25)29)21-9-13-10-22-24(11-13)7-8-26/h2-4,10-11,16,21,26H,1,5-9H2,(H,23,27).